The summed E-state index contributed by atoms with van der Waals surface area (Å²) in [6.07, 6.45) is 0. The summed E-state index contributed by atoms with van der Waals surface area (Å²) in [7, 11) is 0. The molecular weight excluding hydrogens is 859 g/mol. The number of para-hydroxylation sites is 3. The van der Waals surface area contributed by atoms with Crippen LogP contribution in [0.15, 0.2) is 297 Å². The van der Waals surface area contributed by atoms with Crippen LogP contribution in [0.2, 0.25) is 0 Å². The minimum absolute atomic E-state index is 1.09. The van der Waals surface area contributed by atoms with Crippen LogP contribution in [0, 0.1) is 0 Å². The van der Waals surface area contributed by atoms with E-state index in [1.165, 1.54) is 38.2 Å². The number of rotatable bonds is 12. The summed E-state index contributed by atoms with van der Waals surface area (Å²) in [5.41, 5.74) is 17.0. The molecule has 0 aromatic heterocycles. The Morgan fingerprint density at radius 2 is 0.437 bits per heavy atom. The van der Waals surface area contributed by atoms with Crippen molar-refractivity contribution in [3.63, 3.8) is 0 Å². The lowest BCUT2D eigenvalue weighted by atomic mass is 9.98. The summed E-state index contributed by atoms with van der Waals surface area (Å²) in [6.45, 7) is 0. The zero-order valence-electron chi connectivity index (χ0n) is 39.1. The van der Waals surface area contributed by atoms with Crippen molar-refractivity contribution in [2.45, 2.75) is 0 Å². The van der Waals surface area contributed by atoms with Crippen LogP contribution in [-0.2, 0) is 0 Å². The van der Waals surface area contributed by atoms with Gasteiger partial charge in [-0.1, -0.05) is 194 Å². The van der Waals surface area contributed by atoms with Crippen LogP contribution >= 0.6 is 0 Å². The molecule has 0 aliphatic rings. The molecule has 71 heavy (non-hydrogen) atoms. The predicted octanol–water partition coefficient (Wildman–Crippen LogP) is 19.4. The zero-order valence-corrected chi connectivity index (χ0v) is 39.1. The second-order valence-electron chi connectivity index (χ2n) is 17.8. The molecule has 12 rings (SSSR count). The lowest BCUT2D eigenvalue weighted by Gasteiger charge is -2.27. The van der Waals surface area contributed by atoms with Crippen LogP contribution in [0.25, 0.3) is 54.9 Å². The third-order valence-electron chi connectivity index (χ3n) is 13.4. The molecule has 0 unspecified atom stereocenters. The Morgan fingerprint density at radius 1 is 0.169 bits per heavy atom. The normalized spacial score (nSPS) is 11.1. The van der Waals surface area contributed by atoms with Crippen LogP contribution in [-0.4, -0.2) is 0 Å². The maximum atomic E-state index is 2.35. The molecule has 0 saturated carbocycles. The first-order valence-corrected chi connectivity index (χ1v) is 24.2. The second kappa shape index (κ2) is 19.3. The average Bonchev–Trinajstić information content (AvgIpc) is 3.45. The smallest absolute Gasteiger partial charge is 0.0540 e. The number of fused-ring (bicyclic) bond motifs is 2. The average molecular weight is 908 g/mol. The highest BCUT2D eigenvalue weighted by Crippen LogP contribution is 2.42. The van der Waals surface area contributed by atoms with Gasteiger partial charge < -0.3 is 14.7 Å². The van der Waals surface area contributed by atoms with E-state index in [2.05, 4.69) is 312 Å². The zero-order chi connectivity index (χ0) is 47.3. The van der Waals surface area contributed by atoms with E-state index < -0.39 is 0 Å². The maximum Gasteiger partial charge on any atom is 0.0540 e. The summed E-state index contributed by atoms with van der Waals surface area (Å²) in [5.74, 6) is 0. The first kappa shape index (κ1) is 42.9. The van der Waals surface area contributed by atoms with Crippen LogP contribution in [0.3, 0.4) is 0 Å². The quantitative estimate of drug-likeness (QED) is 0.121. The van der Waals surface area contributed by atoms with Gasteiger partial charge in [-0.15, -0.1) is 0 Å². The minimum atomic E-state index is 1.09. The van der Waals surface area contributed by atoms with E-state index in [0.29, 0.717) is 0 Å². The van der Waals surface area contributed by atoms with Crippen LogP contribution in [0.4, 0.5) is 51.2 Å². The van der Waals surface area contributed by atoms with Crippen molar-refractivity contribution in [3.8, 4) is 33.4 Å². The molecule has 12 aromatic carbocycles. The Hall–Kier alpha value is -9.44. The van der Waals surface area contributed by atoms with Gasteiger partial charge in [-0.3, -0.25) is 0 Å². The molecule has 0 radical (unpaired) electrons. The standard InChI is InChI=1S/C68H49N3/c1-4-23-58(24-5-1)69(61-41-33-50(34-42-61)51-35-45-63(46-36-51)70(59-25-6-2-7-26-59)67-31-15-19-54-17-10-12-29-65(54)67)62-43-37-52(38-44-62)56-21-14-22-57(49-56)53-39-47-64(48-40-53)71(60-27-8-3-9-28-60)68-32-16-20-55-18-11-13-30-66(55)68/h1-49H. The Labute approximate surface area is 416 Å². The van der Waals surface area contributed by atoms with Crippen molar-refractivity contribution in [2.24, 2.45) is 0 Å². The van der Waals surface area contributed by atoms with Crippen molar-refractivity contribution < 1.29 is 0 Å². The van der Waals surface area contributed by atoms with Gasteiger partial charge in [-0.25, -0.2) is 0 Å². The van der Waals surface area contributed by atoms with E-state index in [1.807, 2.05) is 0 Å². The molecule has 0 amide bonds. The molecule has 0 heterocycles. The van der Waals surface area contributed by atoms with E-state index in [9.17, 15) is 0 Å². The lowest BCUT2D eigenvalue weighted by molar-refractivity contribution is 1.28. The third-order valence-corrected chi connectivity index (χ3v) is 13.4. The van der Waals surface area contributed by atoms with Gasteiger partial charge in [-0.2, -0.15) is 0 Å². The molecule has 0 N–H and O–H groups in total. The predicted molar refractivity (Wildman–Crippen MR) is 302 cm³/mol. The van der Waals surface area contributed by atoms with Gasteiger partial charge in [0.2, 0.25) is 0 Å². The number of nitrogens with zero attached hydrogens (tertiary/aromatic N) is 3. The topological polar surface area (TPSA) is 9.72 Å². The highest BCUT2D eigenvalue weighted by molar-refractivity contribution is 6.00. The van der Waals surface area contributed by atoms with Gasteiger partial charge in [0.15, 0.2) is 0 Å². The molecule has 12 aromatic rings. The number of hydrogen-bond acceptors (Lipinski definition) is 3. The van der Waals surface area contributed by atoms with Gasteiger partial charge in [0.25, 0.3) is 0 Å². The Morgan fingerprint density at radius 3 is 0.817 bits per heavy atom. The molecule has 0 aliphatic heterocycles. The largest absolute Gasteiger partial charge is 0.311 e. The second-order valence-corrected chi connectivity index (χ2v) is 17.8. The molecule has 0 fully saturated rings. The first-order chi connectivity index (χ1) is 35.2. The third kappa shape index (κ3) is 8.69. The molecule has 336 valence electrons. The molecular formula is C68H49N3. The Balaban J connectivity index is 0.805. The van der Waals surface area contributed by atoms with Crippen molar-refractivity contribution >= 4 is 72.7 Å². The van der Waals surface area contributed by atoms with Crippen molar-refractivity contribution in [3.05, 3.63) is 297 Å². The van der Waals surface area contributed by atoms with Crippen LogP contribution < -0.4 is 14.7 Å². The van der Waals surface area contributed by atoms with E-state index in [0.717, 1.165) is 67.9 Å². The molecule has 0 atom stereocenters. The van der Waals surface area contributed by atoms with Crippen molar-refractivity contribution in [2.75, 3.05) is 14.7 Å². The van der Waals surface area contributed by atoms with Crippen LogP contribution in [0.1, 0.15) is 0 Å². The van der Waals surface area contributed by atoms with E-state index in [4.69, 9.17) is 0 Å². The van der Waals surface area contributed by atoms with E-state index in [-0.39, 0.29) is 0 Å². The van der Waals surface area contributed by atoms with Gasteiger partial charge in [-0.05, 0) is 147 Å². The van der Waals surface area contributed by atoms with Gasteiger partial charge in [0.1, 0.15) is 0 Å². The highest BCUT2D eigenvalue weighted by Gasteiger charge is 2.18. The fraction of sp³-hybridized carbons (Fsp3) is 0. The Bertz CT molecular complexity index is 3710. The molecule has 0 spiro atoms. The number of anilines is 9. The summed E-state index contributed by atoms with van der Waals surface area (Å²) >= 11 is 0. The van der Waals surface area contributed by atoms with Gasteiger partial charge >= 0.3 is 0 Å². The van der Waals surface area contributed by atoms with Crippen molar-refractivity contribution in [1.29, 1.82) is 0 Å². The highest BCUT2D eigenvalue weighted by atomic mass is 15.2. The fourth-order valence-electron chi connectivity index (χ4n) is 9.93. The maximum absolute atomic E-state index is 2.35. The SMILES string of the molecule is c1ccc(N(c2ccc(-c3ccc(N(c4ccccc4)c4cccc5ccccc45)cc3)cc2)c2ccc(-c3cccc(-c4ccc(N(c5ccccc5)c5cccc6ccccc56)cc4)c3)cc2)cc1. The molecule has 0 bridgehead atoms. The first-order valence-electron chi connectivity index (χ1n) is 24.2. The fourth-order valence-corrected chi connectivity index (χ4v) is 9.93. The molecule has 0 saturated heterocycles. The molecule has 3 nitrogen and oxygen atoms in total. The monoisotopic (exact) mass is 907 g/mol. The lowest BCUT2D eigenvalue weighted by Crippen LogP contribution is -2.10. The van der Waals surface area contributed by atoms with Crippen molar-refractivity contribution in [1.82, 2.24) is 0 Å². The van der Waals surface area contributed by atoms with E-state index >= 15 is 0 Å². The summed E-state index contributed by atoms with van der Waals surface area (Å²) in [4.78, 5) is 7.03. The minimum Gasteiger partial charge on any atom is -0.311 e. The number of benzene rings is 12. The summed E-state index contributed by atoms with van der Waals surface area (Å²) in [6, 6.07) is 107. The summed E-state index contributed by atoms with van der Waals surface area (Å²) < 4.78 is 0. The summed E-state index contributed by atoms with van der Waals surface area (Å²) in [5, 5.41) is 4.87. The number of hydrogen-bond donors (Lipinski definition) is 0. The van der Waals surface area contributed by atoms with E-state index in [1.54, 1.807) is 0 Å². The van der Waals surface area contributed by atoms with Gasteiger partial charge in [0, 0.05) is 50.6 Å². The Kier molecular flexibility index (Phi) is 11.6. The van der Waals surface area contributed by atoms with Gasteiger partial charge in [0.05, 0.1) is 11.4 Å². The molecule has 0 aliphatic carbocycles. The van der Waals surface area contributed by atoms with Crippen LogP contribution in [0.5, 0.6) is 0 Å². The molecule has 3 heteroatoms.